The Morgan fingerprint density at radius 3 is 2.65 bits per heavy atom. The van der Waals surface area contributed by atoms with Crippen LogP contribution in [-0.2, 0) is 17.9 Å². The lowest BCUT2D eigenvalue weighted by atomic mass is 10.1. The van der Waals surface area contributed by atoms with Gasteiger partial charge in [0.1, 0.15) is 11.6 Å². The lowest BCUT2D eigenvalue weighted by Crippen LogP contribution is -2.30. The van der Waals surface area contributed by atoms with Crippen LogP contribution < -0.4 is 0 Å². The summed E-state index contributed by atoms with van der Waals surface area (Å²) in [6.45, 7) is 3.16. The van der Waals surface area contributed by atoms with Gasteiger partial charge in [0.05, 0.1) is 25.1 Å². The number of benzene rings is 1. The second-order valence-electron chi connectivity index (χ2n) is 7.67. The van der Waals surface area contributed by atoms with Crippen molar-refractivity contribution in [2.24, 2.45) is 0 Å². The third kappa shape index (κ3) is 5.54. The van der Waals surface area contributed by atoms with Gasteiger partial charge in [-0.1, -0.05) is 18.2 Å². The number of aromatic nitrogens is 3. The average molecular weight is 444 g/mol. The van der Waals surface area contributed by atoms with Crippen molar-refractivity contribution in [2.75, 3.05) is 25.9 Å². The van der Waals surface area contributed by atoms with Crippen molar-refractivity contribution in [1.82, 2.24) is 24.6 Å². The second-order valence-corrected chi connectivity index (χ2v) is 8.61. The fourth-order valence-electron chi connectivity index (χ4n) is 3.62. The van der Waals surface area contributed by atoms with E-state index in [1.165, 1.54) is 43.2 Å². The first-order valence-electron chi connectivity index (χ1n) is 10.4. The Balaban J connectivity index is 1.49. The fraction of sp³-hybridized carbons (Fsp3) is 0.409. The summed E-state index contributed by atoms with van der Waals surface area (Å²) >= 11 is 1.33. The number of halogens is 1. The molecule has 9 heteroatoms. The van der Waals surface area contributed by atoms with Crippen molar-refractivity contribution >= 4 is 17.7 Å². The SMILES string of the molecule is CN(Cc1ccco1)C(=O)CSc1nnc(CN2CCCCC2)n1-c1ccc(F)cc1. The molecule has 164 valence electrons. The molecule has 31 heavy (non-hydrogen) atoms. The highest BCUT2D eigenvalue weighted by Gasteiger charge is 2.20. The van der Waals surface area contributed by atoms with Crippen LogP contribution in [0.5, 0.6) is 0 Å². The van der Waals surface area contributed by atoms with E-state index in [0.717, 1.165) is 30.4 Å². The topological polar surface area (TPSA) is 67.4 Å². The predicted octanol–water partition coefficient (Wildman–Crippen LogP) is 3.74. The first kappa shape index (κ1) is 21.6. The van der Waals surface area contributed by atoms with Crippen LogP contribution in [0.4, 0.5) is 4.39 Å². The molecule has 1 saturated heterocycles. The van der Waals surface area contributed by atoms with Gasteiger partial charge in [0.15, 0.2) is 11.0 Å². The Labute approximate surface area is 185 Å². The van der Waals surface area contributed by atoms with Gasteiger partial charge >= 0.3 is 0 Å². The highest BCUT2D eigenvalue weighted by Crippen LogP contribution is 2.24. The van der Waals surface area contributed by atoms with Gasteiger partial charge in [0, 0.05) is 12.7 Å². The first-order valence-corrected chi connectivity index (χ1v) is 11.4. The molecule has 0 spiro atoms. The molecule has 0 bridgehead atoms. The van der Waals surface area contributed by atoms with E-state index in [-0.39, 0.29) is 17.5 Å². The quantitative estimate of drug-likeness (QED) is 0.494. The van der Waals surface area contributed by atoms with Crippen LogP contribution in [-0.4, -0.2) is 56.4 Å². The number of furan rings is 1. The smallest absolute Gasteiger partial charge is 0.233 e. The number of hydrogen-bond acceptors (Lipinski definition) is 6. The number of rotatable bonds is 8. The molecule has 0 saturated carbocycles. The van der Waals surface area contributed by atoms with Crippen LogP contribution in [0.25, 0.3) is 5.69 Å². The molecule has 1 aliphatic heterocycles. The molecule has 0 N–H and O–H groups in total. The van der Waals surface area contributed by atoms with Gasteiger partial charge in [-0.3, -0.25) is 14.3 Å². The van der Waals surface area contributed by atoms with E-state index >= 15 is 0 Å². The maximum atomic E-state index is 13.5. The summed E-state index contributed by atoms with van der Waals surface area (Å²) in [5.41, 5.74) is 0.789. The van der Waals surface area contributed by atoms with Gasteiger partial charge in [0.2, 0.25) is 5.91 Å². The Morgan fingerprint density at radius 2 is 1.94 bits per heavy atom. The van der Waals surface area contributed by atoms with Crippen molar-refractivity contribution in [3.8, 4) is 5.69 Å². The molecule has 3 heterocycles. The van der Waals surface area contributed by atoms with Crippen molar-refractivity contribution in [3.63, 3.8) is 0 Å². The molecule has 1 aliphatic rings. The van der Waals surface area contributed by atoms with Crippen molar-refractivity contribution in [2.45, 2.75) is 37.5 Å². The number of amides is 1. The normalized spacial score (nSPS) is 14.6. The Hall–Kier alpha value is -2.65. The largest absolute Gasteiger partial charge is 0.467 e. The Kier molecular flexibility index (Phi) is 7.03. The molecule has 1 aromatic carbocycles. The predicted molar refractivity (Wildman–Crippen MR) is 116 cm³/mol. The van der Waals surface area contributed by atoms with Crippen LogP contribution in [0.15, 0.2) is 52.2 Å². The standard InChI is InChI=1S/C22H26FN5O2S/c1-26(14-19-6-5-13-30-19)21(29)16-31-22-25-24-20(15-27-11-3-2-4-12-27)28(22)18-9-7-17(23)8-10-18/h5-10,13H,2-4,11-12,14-16H2,1H3. The average Bonchev–Trinajstić information content (AvgIpc) is 3.43. The summed E-state index contributed by atoms with van der Waals surface area (Å²) in [6.07, 6.45) is 5.22. The van der Waals surface area contributed by atoms with Crippen LogP contribution in [0.1, 0.15) is 30.8 Å². The molecule has 1 amide bonds. The fourth-order valence-corrected chi connectivity index (χ4v) is 4.54. The van der Waals surface area contributed by atoms with Gasteiger partial charge in [-0.2, -0.15) is 0 Å². The number of piperidine rings is 1. The minimum atomic E-state index is -0.293. The third-order valence-electron chi connectivity index (χ3n) is 5.32. The van der Waals surface area contributed by atoms with Gasteiger partial charge in [-0.05, 0) is 62.3 Å². The molecule has 2 aromatic heterocycles. The van der Waals surface area contributed by atoms with Crippen molar-refractivity contribution in [3.05, 3.63) is 60.1 Å². The zero-order valence-electron chi connectivity index (χ0n) is 17.5. The lowest BCUT2D eigenvalue weighted by molar-refractivity contribution is -0.127. The van der Waals surface area contributed by atoms with E-state index in [1.54, 1.807) is 36.4 Å². The summed E-state index contributed by atoms with van der Waals surface area (Å²) in [5.74, 6) is 1.43. The van der Waals surface area contributed by atoms with Gasteiger partial charge < -0.3 is 9.32 Å². The van der Waals surface area contributed by atoms with Crippen molar-refractivity contribution in [1.29, 1.82) is 0 Å². The summed E-state index contributed by atoms with van der Waals surface area (Å²) in [5, 5.41) is 9.39. The van der Waals surface area contributed by atoms with E-state index in [9.17, 15) is 9.18 Å². The Bertz CT molecular complexity index is 984. The molecule has 0 unspecified atom stereocenters. The number of carbonyl (C=O) groups excluding carboxylic acids is 1. The van der Waals surface area contributed by atoms with E-state index < -0.39 is 0 Å². The monoisotopic (exact) mass is 443 g/mol. The lowest BCUT2D eigenvalue weighted by Gasteiger charge is -2.26. The first-order chi connectivity index (χ1) is 15.1. The number of carbonyl (C=O) groups is 1. The zero-order chi connectivity index (χ0) is 21.6. The molecular formula is C22H26FN5O2S. The van der Waals surface area contributed by atoms with E-state index in [0.29, 0.717) is 18.2 Å². The molecule has 1 fully saturated rings. The minimum Gasteiger partial charge on any atom is -0.467 e. The molecule has 3 aromatic rings. The number of thioether (sulfide) groups is 1. The number of hydrogen-bond donors (Lipinski definition) is 0. The van der Waals surface area contributed by atoms with Crippen molar-refractivity contribution < 1.29 is 13.6 Å². The molecule has 7 nitrogen and oxygen atoms in total. The zero-order valence-corrected chi connectivity index (χ0v) is 18.4. The minimum absolute atomic E-state index is 0.0346. The van der Waals surface area contributed by atoms with Gasteiger partial charge in [-0.15, -0.1) is 10.2 Å². The summed E-state index contributed by atoms with van der Waals surface area (Å²) in [6, 6.07) is 9.93. The highest BCUT2D eigenvalue weighted by atomic mass is 32.2. The maximum Gasteiger partial charge on any atom is 0.233 e. The van der Waals surface area contributed by atoms with Crippen LogP contribution in [0.2, 0.25) is 0 Å². The van der Waals surface area contributed by atoms with E-state index in [2.05, 4.69) is 15.1 Å². The van der Waals surface area contributed by atoms with Crippen LogP contribution in [0, 0.1) is 5.82 Å². The highest BCUT2D eigenvalue weighted by molar-refractivity contribution is 7.99. The van der Waals surface area contributed by atoms with Gasteiger partial charge in [-0.25, -0.2) is 4.39 Å². The van der Waals surface area contributed by atoms with Gasteiger partial charge in [0.25, 0.3) is 0 Å². The molecule has 4 rings (SSSR count). The van der Waals surface area contributed by atoms with E-state index in [1.807, 2.05) is 10.6 Å². The summed E-state index contributed by atoms with van der Waals surface area (Å²) in [7, 11) is 1.75. The molecule has 0 radical (unpaired) electrons. The number of nitrogens with zero attached hydrogens (tertiary/aromatic N) is 5. The van der Waals surface area contributed by atoms with Crippen LogP contribution in [0.3, 0.4) is 0 Å². The van der Waals surface area contributed by atoms with E-state index in [4.69, 9.17) is 4.42 Å². The molecule has 0 atom stereocenters. The summed E-state index contributed by atoms with van der Waals surface area (Å²) < 4.78 is 20.7. The summed E-state index contributed by atoms with van der Waals surface area (Å²) in [4.78, 5) is 16.6. The molecule has 0 aliphatic carbocycles. The second kappa shape index (κ2) is 10.1. The molecular weight excluding hydrogens is 417 g/mol. The number of likely N-dealkylation sites (tertiary alicyclic amines) is 1. The van der Waals surface area contributed by atoms with Crippen LogP contribution >= 0.6 is 11.8 Å². The third-order valence-corrected chi connectivity index (χ3v) is 6.24. The Morgan fingerprint density at radius 1 is 1.16 bits per heavy atom. The maximum absolute atomic E-state index is 13.5.